The van der Waals surface area contributed by atoms with Gasteiger partial charge < -0.3 is 9.64 Å². The number of morpholine rings is 1. The van der Waals surface area contributed by atoms with Crippen LogP contribution in [0.3, 0.4) is 0 Å². The van der Waals surface area contributed by atoms with Crippen LogP contribution >= 0.6 is 0 Å². The van der Waals surface area contributed by atoms with Gasteiger partial charge in [-0.3, -0.25) is 4.72 Å². The average molecular weight is 408 g/mol. The first-order chi connectivity index (χ1) is 12.7. The molecule has 0 amide bonds. The van der Waals surface area contributed by atoms with Crippen molar-refractivity contribution in [3.63, 3.8) is 0 Å². The van der Waals surface area contributed by atoms with E-state index in [-0.39, 0.29) is 0 Å². The first-order valence-electron chi connectivity index (χ1n) is 7.69. The molecule has 0 saturated carbocycles. The number of halogens is 5. The average Bonchev–Trinajstić information content (AvgIpc) is 2.69. The van der Waals surface area contributed by atoms with Crippen LogP contribution in [0.1, 0.15) is 0 Å². The molecule has 0 bridgehead atoms. The number of benzene rings is 2. The van der Waals surface area contributed by atoms with Crippen LogP contribution in [0.15, 0.2) is 29.2 Å². The summed E-state index contributed by atoms with van der Waals surface area (Å²) >= 11 is 0. The fourth-order valence-corrected chi connectivity index (χ4v) is 3.61. The van der Waals surface area contributed by atoms with Gasteiger partial charge in [-0.25, -0.2) is 30.4 Å². The maximum atomic E-state index is 13.7. The van der Waals surface area contributed by atoms with E-state index < -0.39 is 49.7 Å². The summed E-state index contributed by atoms with van der Waals surface area (Å²) in [4.78, 5) is 1.54. The maximum absolute atomic E-state index is 13.7. The Hall–Kier alpha value is -2.40. The highest BCUT2D eigenvalue weighted by atomic mass is 32.2. The third kappa shape index (κ3) is 3.69. The van der Waals surface area contributed by atoms with E-state index in [4.69, 9.17) is 4.74 Å². The Kier molecular flexibility index (Phi) is 5.24. The molecule has 1 saturated heterocycles. The highest BCUT2D eigenvalue weighted by Crippen LogP contribution is 2.29. The highest BCUT2D eigenvalue weighted by molar-refractivity contribution is 7.92. The van der Waals surface area contributed by atoms with Crippen LogP contribution < -0.4 is 9.62 Å². The molecule has 0 atom stereocenters. The Morgan fingerprint density at radius 3 is 1.81 bits per heavy atom. The van der Waals surface area contributed by atoms with Crippen LogP contribution in [0.4, 0.5) is 33.3 Å². The normalized spacial score (nSPS) is 15.1. The highest BCUT2D eigenvalue weighted by Gasteiger charge is 2.29. The molecule has 1 aliphatic heterocycles. The Morgan fingerprint density at radius 2 is 1.30 bits per heavy atom. The lowest BCUT2D eigenvalue weighted by Gasteiger charge is -2.28. The summed E-state index contributed by atoms with van der Waals surface area (Å²) in [5.41, 5.74) is -0.933. The largest absolute Gasteiger partial charge is 0.378 e. The molecule has 27 heavy (non-hydrogen) atoms. The van der Waals surface area contributed by atoms with Gasteiger partial charge in [-0.1, -0.05) is 0 Å². The van der Waals surface area contributed by atoms with E-state index in [2.05, 4.69) is 0 Å². The van der Waals surface area contributed by atoms with Crippen molar-refractivity contribution < 1.29 is 35.1 Å². The molecule has 0 aliphatic carbocycles. The molecule has 2 aromatic rings. The van der Waals surface area contributed by atoms with Gasteiger partial charge in [0.2, 0.25) is 5.82 Å². The van der Waals surface area contributed by atoms with Gasteiger partial charge >= 0.3 is 0 Å². The number of rotatable bonds is 4. The van der Waals surface area contributed by atoms with E-state index >= 15 is 0 Å². The van der Waals surface area contributed by atoms with Gasteiger partial charge in [0.05, 0.1) is 18.1 Å². The molecule has 0 aromatic heterocycles. The number of hydrogen-bond acceptors (Lipinski definition) is 4. The third-order valence-electron chi connectivity index (χ3n) is 3.97. The van der Waals surface area contributed by atoms with Crippen molar-refractivity contribution in [2.75, 3.05) is 35.9 Å². The van der Waals surface area contributed by atoms with Gasteiger partial charge in [0.25, 0.3) is 10.0 Å². The first-order valence-corrected chi connectivity index (χ1v) is 9.17. The van der Waals surface area contributed by atoms with Gasteiger partial charge in [-0.15, -0.1) is 0 Å². The minimum absolute atomic E-state index is 0.400. The van der Waals surface area contributed by atoms with E-state index in [1.54, 1.807) is 0 Å². The van der Waals surface area contributed by atoms with Crippen molar-refractivity contribution in [3.05, 3.63) is 53.4 Å². The second-order valence-corrected chi connectivity index (χ2v) is 7.33. The molecular formula is C16H13F5N2O3S. The van der Waals surface area contributed by atoms with E-state index in [9.17, 15) is 30.4 Å². The quantitative estimate of drug-likeness (QED) is 0.480. The summed E-state index contributed by atoms with van der Waals surface area (Å²) in [5, 5.41) is 0. The maximum Gasteiger partial charge on any atom is 0.262 e. The SMILES string of the molecule is O=S(=O)(Nc1c(F)c(F)c(F)c(F)c1F)c1ccc(N2CCOCC2)cc1. The molecule has 2 aromatic carbocycles. The van der Waals surface area contributed by atoms with Crippen LogP contribution in [0.5, 0.6) is 0 Å². The summed E-state index contributed by atoms with van der Waals surface area (Å²) in [6.07, 6.45) is 0. The zero-order valence-electron chi connectivity index (χ0n) is 13.6. The molecule has 5 nitrogen and oxygen atoms in total. The number of nitrogens with zero attached hydrogens (tertiary/aromatic N) is 1. The standard InChI is InChI=1S/C16H13F5N2O3S/c17-11-12(18)14(20)16(15(21)13(11)19)22-27(24,25)10-3-1-9(2-4-10)23-5-7-26-8-6-23/h1-4,22H,5-8H2. The second kappa shape index (κ2) is 7.31. The van der Waals surface area contributed by atoms with Crippen molar-refractivity contribution in [2.24, 2.45) is 0 Å². The van der Waals surface area contributed by atoms with Crippen molar-refractivity contribution in [3.8, 4) is 0 Å². The fourth-order valence-electron chi connectivity index (χ4n) is 2.55. The molecule has 11 heteroatoms. The van der Waals surface area contributed by atoms with Crippen LogP contribution in [0, 0.1) is 29.1 Å². The van der Waals surface area contributed by atoms with Crippen molar-refractivity contribution in [1.29, 1.82) is 0 Å². The smallest absolute Gasteiger partial charge is 0.262 e. The number of sulfonamides is 1. The van der Waals surface area contributed by atoms with Gasteiger partial charge in [-0.2, -0.15) is 0 Å². The predicted molar refractivity (Wildman–Crippen MR) is 86.5 cm³/mol. The van der Waals surface area contributed by atoms with Crippen molar-refractivity contribution in [1.82, 2.24) is 0 Å². The molecule has 1 N–H and O–H groups in total. The molecule has 1 aliphatic rings. The molecule has 0 radical (unpaired) electrons. The molecule has 0 spiro atoms. The van der Waals surface area contributed by atoms with Gasteiger partial charge in [-0.05, 0) is 24.3 Å². The number of hydrogen-bond donors (Lipinski definition) is 1. The first kappa shape index (κ1) is 19.4. The lowest BCUT2D eigenvalue weighted by atomic mass is 10.2. The number of ether oxygens (including phenoxy) is 1. The summed E-state index contributed by atoms with van der Waals surface area (Å²) in [5.74, 6) is -11.4. The zero-order valence-corrected chi connectivity index (χ0v) is 14.4. The van der Waals surface area contributed by atoms with Gasteiger partial charge in [0, 0.05) is 18.8 Å². The van der Waals surface area contributed by atoms with Crippen molar-refractivity contribution in [2.45, 2.75) is 4.90 Å². The second-order valence-electron chi connectivity index (χ2n) is 5.64. The summed E-state index contributed by atoms with van der Waals surface area (Å²) < 4.78 is 98.1. The summed E-state index contributed by atoms with van der Waals surface area (Å²) in [6.45, 7) is 2.24. The molecule has 0 unspecified atom stereocenters. The monoisotopic (exact) mass is 408 g/mol. The van der Waals surface area contributed by atoms with Crippen LogP contribution in [-0.2, 0) is 14.8 Å². The lowest BCUT2D eigenvalue weighted by molar-refractivity contribution is 0.122. The van der Waals surface area contributed by atoms with Crippen LogP contribution in [0.25, 0.3) is 0 Å². The Morgan fingerprint density at radius 1 is 0.815 bits per heavy atom. The summed E-state index contributed by atoms with van der Waals surface area (Å²) in [7, 11) is -4.58. The predicted octanol–water partition coefficient (Wildman–Crippen LogP) is 3.02. The van der Waals surface area contributed by atoms with E-state index in [1.165, 1.54) is 29.0 Å². The minimum atomic E-state index is -4.58. The van der Waals surface area contributed by atoms with E-state index in [0.29, 0.717) is 32.0 Å². The number of nitrogens with one attached hydrogen (secondary N) is 1. The Labute approximate surface area is 151 Å². The third-order valence-corrected chi connectivity index (χ3v) is 5.34. The van der Waals surface area contributed by atoms with E-state index in [1.807, 2.05) is 4.90 Å². The van der Waals surface area contributed by atoms with Gasteiger partial charge in [0.1, 0.15) is 5.69 Å². The van der Waals surface area contributed by atoms with Gasteiger partial charge in [0.15, 0.2) is 23.3 Å². The fraction of sp³-hybridized carbons (Fsp3) is 0.250. The summed E-state index contributed by atoms with van der Waals surface area (Å²) in [6, 6.07) is 5.27. The molecular weight excluding hydrogens is 395 g/mol. The molecule has 3 rings (SSSR count). The lowest BCUT2D eigenvalue weighted by Crippen LogP contribution is -2.36. The Bertz CT molecular complexity index is 932. The molecule has 146 valence electrons. The topological polar surface area (TPSA) is 58.6 Å². The molecule has 1 fully saturated rings. The van der Waals surface area contributed by atoms with Crippen LogP contribution in [0.2, 0.25) is 0 Å². The van der Waals surface area contributed by atoms with E-state index in [0.717, 1.165) is 0 Å². The Balaban J connectivity index is 1.89. The number of anilines is 2. The molecule has 1 heterocycles. The zero-order chi connectivity index (χ0) is 19.8. The van der Waals surface area contributed by atoms with Crippen LogP contribution in [-0.4, -0.2) is 34.7 Å². The van der Waals surface area contributed by atoms with Crippen molar-refractivity contribution >= 4 is 21.4 Å². The minimum Gasteiger partial charge on any atom is -0.378 e.